The van der Waals surface area contributed by atoms with E-state index in [9.17, 15) is 4.79 Å². The smallest absolute Gasteiger partial charge is 0.251 e. The summed E-state index contributed by atoms with van der Waals surface area (Å²) in [5.41, 5.74) is 9.51. The van der Waals surface area contributed by atoms with E-state index in [1.807, 2.05) is 13.0 Å². The topological polar surface area (TPSA) is 55.1 Å². The van der Waals surface area contributed by atoms with Crippen molar-refractivity contribution in [3.63, 3.8) is 0 Å². The SMILES string of the molecule is Cc1cc(N)ccc1C(=O)NCCC1=CCCCC1. The maximum absolute atomic E-state index is 12.0. The second kappa shape index (κ2) is 6.41. The summed E-state index contributed by atoms with van der Waals surface area (Å²) in [6.45, 7) is 2.63. The van der Waals surface area contributed by atoms with Gasteiger partial charge in [0.25, 0.3) is 5.91 Å². The van der Waals surface area contributed by atoms with Crippen LogP contribution >= 0.6 is 0 Å². The Morgan fingerprint density at radius 1 is 1.37 bits per heavy atom. The number of rotatable bonds is 4. The summed E-state index contributed by atoms with van der Waals surface area (Å²) in [5, 5.41) is 2.99. The zero-order chi connectivity index (χ0) is 13.7. The molecule has 1 amide bonds. The van der Waals surface area contributed by atoms with Gasteiger partial charge in [-0.2, -0.15) is 0 Å². The largest absolute Gasteiger partial charge is 0.399 e. The third-order valence-corrected chi connectivity index (χ3v) is 3.61. The summed E-state index contributed by atoms with van der Waals surface area (Å²) < 4.78 is 0. The highest BCUT2D eigenvalue weighted by molar-refractivity contribution is 5.95. The Bertz CT molecular complexity index is 492. The van der Waals surface area contributed by atoms with E-state index in [0.29, 0.717) is 17.8 Å². The molecule has 0 radical (unpaired) electrons. The molecule has 3 nitrogen and oxygen atoms in total. The number of amides is 1. The van der Waals surface area contributed by atoms with Gasteiger partial charge in [-0.1, -0.05) is 11.6 Å². The highest BCUT2D eigenvalue weighted by Crippen LogP contribution is 2.19. The summed E-state index contributed by atoms with van der Waals surface area (Å²) in [7, 11) is 0. The zero-order valence-corrected chi connectivity index (χ0v) is 11.5. The molecule has 0 bridgehead atoms. The number of hydrogen-bond donors (Lipinski definition) is 2. The molecule has 0 fully saturated rings. The van der Waals surface area contributed by atoms with Gasteiger partial charge in [0.05, 0.1) is 0 Å². The van der Waals surface area contributed by atoms with Gasteiger partial charge < -0.3 is 11.1 Å². The Balaban J connectivity index is 1.85. The normalized spacial score (nSPS) is 14.9. The number of carbonyl (C=O) groups is 1. The fourth-order valence-electron chi connectivity index (χ4n) is 2.51. The van der Waals surface area contributed by atoms with Crippen molar-refractivity contribution in [3.8, 4) is 0 Å². The van der Waals surface area contributed by atoms with Gasteiger partial charge in [-0.15, -0.1) is 0 Å². The third kappa shape index (κ3) is 3.85. The average molecular weight is 258 g/mol. The second-order valence-corrected chi connectivity index (χ2v) is 5.19. The van der Waals surface area contributed by atoms with E-state index in [2.05, 4.69) is 11.4 Å². The molecule has 0 unspecified atom stereocenters. The first kappa shape index (κ1) is 13.7. The number of aryl methyl sites for hydroxylation is 1. The molecular formula is C16H22N2O. The van der Waals surface area contributed by atoms with Crippen LogP contribution in [-0.2, 0) is 0 Å². The Morgan fingerprint density at radius 3 is 2.89 bits per heavy atom. The molecule has 102 valence electrons. The highest BCUT2D eigenvalue weighted by Gasteiger charge is 2.09. The van der Waals surface area contributed by atoms with Crippen LogP contribution in [0, 0.1) is 6.92 Å². The quantitative estimate of drug-likeness (QED) is 0.643. The van der Waals surface area contributed by atoms with Gasteiger partial charge >= 0.3 is 0 Å². The standard InChI is InChI=1S/C16H22N2O/c1-12-11-14(17)7-8-15(12)16(19)18-10-9-13-5-3-2-4-6-13/h5,7-8,11H,2-4,6,9-10,17H2,1H3,(H,18,19). The second-order valence-electron chi connectivity index (χ2n) is 5.19. The van der Waals surface area contributed by atoms with Crippen LogP contribution in [0.4, 0.5) is 5.69 Å². The monoisotopic (exact) mass is 258 g/mol. The van der Waals surface area contributed by atoms with E-state index in [1.165, 1.54) is 31.3 Å². The van der Waals surface area contributed by atoms with Crippen LogP contribution in [0.2, 0.25) is 0 Å². The van der Waals surface area contributed by atoms with Crippen molar-refractivity contribution in [2.75, 3.05) is 12.3 Å². The zero-order valence-electron chi connectivity index (χ0n) is 11.5. The molecule has 1 aromatic rings. The number of anilines is 1. The maximum Gasteiger partial charge on any atom is 0.251 e. The first-order chi connectivity index (χ1) is 9.16. The van der Waals surface area contributed by atoms with Crippen LogP contribution in [0.15, 0.2) is 29.8 Å². The van der Waals surface area contributed by atoms with E-state index >= 15 is 0 Å². The minimum absolute atomic E-state index is 0.00564. The minimum Gasteiger partial charge on any atom is -0.399 e. The molecule has 19 heavy (non-hydrogen) atoms. The molecule has 1 aliphatic carbocycles. The van der Waals surface area contributed by atoms with Crippen molar-refractivity contribution in [1.29, 1.82) is 0 Å². The van der Waals surface area contributed by atoms with E-state index < -0.39 is 0 Å². The lowest BCUT2D eigenvalue weighted by molar-refractivity contribution is 0.0953. The summed E-state index contributed by atoms with van der Waals surface area (Å²) in [6, 6.07) is 5.39. The molecule has 1 aromatic carbocycles. The lowest BCUT2D eigenvalue weighted by Crippen LogP contribution is -2.25. The van der Waals surface area contributed by atoms with Gasteiger partial charge in [-0.3, -0.25) is 4.79 Å². The third-order valence-electron chi connectivity index (χ3n) is 3.61. The molecule has 0 saturated carbocycles. The first-order valence-corrected chi connectivity index (χ1v) is 6.99. The van der Waals surface area contributed by atoms with Gasteiger partial charge in [0.2, 0.25) is 0 Å². The predicted molar refractivity (Wildman–Crippen MR) is 79.1 cm³/mol. The summed E-state index contributed by atoms with van der Waals surface area (Å²) in [4.78, 5) is 12.0. The molecule has 3 N–H and O–H groups in total. The Kier molecular flexibility index (Phi) is 4.61. The lowest BCUT2D eigenvalue weighted by Gasteiger charge is -2.13. The fourth-order valence-corrected chi connectivity index (χ4v) is 2.51. The van der Waals surface area contributed by atoms with Crippen molar-refractivity contribution in [2.45, 2.75) is 39.0 Å². The molecule has 2 rings (SSSR count). The molecule has 1 aliphatic rings. The fraction of sp³-hybridized carbons (Fsp3) is 0.438. The van der Waals surface area contributed by atoms with Crippen LogP contribution in [0.5, 0.6) is 0 Å². The van der Waals surface area contributed by atoms with Crippen LogP contribution in [0.1, 0.15) is 48.0 Å². The van der Waals surface area contributed by atoms with Gasteiger partial charge in [-0.25, -0.2) is 0 Å². The van der Waals surface area contributed by atoms with E-state index in [4.69, 9.17) is 5.73 Å². The minimum atomic E-state index is -0.00564. The maximum atomic E-state index is 12.0. The molecule has 0 spiro atoms. The molecule has 0 aromatic heterocycles. The highest BCUT2D eigenvalue weighted by atomic mass is 16.1. The van der Waals surface area contributed by atoms with Crippen molar-refractivity contribution < 1.29 is 4.79 Å². The Morgan fingerprint density at radius 2 is 2.21 bits per heavy atom. The van der Waals surface area contributed by atoms with Crippen molar-refractivity contribution in [1.82, 2.24) is 5.32 Å². The van der Waals surface area contributed by atoms with Crippen molar-refractivity contribution in [2.24, 2.45) is 0 Å². The number of benzene rings is 1. The molecule has 3 heteroatoms. The average Bonchev–Trinajstić information content (AvgIpc) is 2.39. The van der Waals surface area contributed by atoms with Crippen molar-refractivity contribution in [3.05, 3.63) is 41.0 Å². The van der Waals surface area contributed by atoms with Crippen LogP contribution in [0.3, 0.4) is 0 Å². The molecular weight excluding hydrogens is 236 g/mol. The number of nitrogens with two attached hydrogens (primary N) is 1. The van der Waals surface area contributed by atoms with Crippen molar-refractivity contribution >= 4 is 11.6 Å². The Labute approximate surface area is 114 Å². The molecule has 0 aliphatic heterocycles. The lowest BCUT2D eigenvalue weighted by atomic mass is 9.97. The molecule has 0 saturated heterocycles. The van der Waals surface area contributed by atoms with Gasteiger partial charge in [0, 0.05) is 17.8 Å². The predicted octanol–water partition coefficient (Wildman–Crippen LogP) is 3.20. The van der Waals surface area contributed by atoms with Crippen LogP contribution in [0.25, 0.3) is 0 Å². The summed E-state index contributed by atoms with van der Waals surface area (Å²) in [5.74, 6) is -0.00564. The number of hydrogen-bond acceptors (Lipinski definition) is 2. The van der Waals surface area contributed by atoms with Gasteiger partial charge in [-0.05, 0) is 62.8 Å². The Hall–Kier alpha value is -1.77. The number of allylic oxidation sites excluding steroid dienone is 1. The van der Waals surface area contributed by atoms with Crippen LogP contribution in [-0.4, -0.2) is 12.5 Å². The molecule has 0 atom stereocenters. The van der Waals surface area contributed by atoms with E-state index in [1.54, 1.807) is 12.1 Å². The van der Waals surface area contributed by atoms with E-state index in [0.717, 1.165) is 12.0 Å². The number of carbonyl (C=O) groups excluding carboxylic acids is 1. The van der Waals surface area contributed by atoms with E-state index in [-0.39, 0.29) is 5.91 Å². The summed E-state index contributed by atoms with van der Waals surface area (Å²) in [6.07, 6.45) is 8.28. The van der Waals surface area contributed by atoms with Gasteiger partial charge in [0.15, 0.2) is 0 Å². The summed E-state index contributed by atoms with van der Waals surface area (Å²) >= 11 is 0. The van der Waals surface area contributed by atoms with Crippen LogP contribution < -0.4 is 11.1 Å². The van der Waals surface area contributed by atoms with Gasteiger partial charge in [0.1, 0.15) is 0 Å². The number of nitrogen functional groups attached to an aromatic ring is 1. The first-order valence-electron chi connectivity index (χ1n) is 6.99. The number of nitrogens with one attached hydrogen (secondary N) is 1. The molecule has 0 heterocycles.